The number of hydrogen-bond donors (Lipinski definition) is 1. The van der Waals surface area contributed by atoms with E-state index in [9.17, 15) is 14.7 Å². The van der Waals surface area contributed by atoms with Gasteiger partial charge in [0.05, 0.1) is 41.5 Å². The Morgan fingerprint density at radius 1 is 1.09 bits per heavy atom. The van der Waals surface area contributed by atoms with E-state index in [2.05, 4.69) is 4.57 Å². The van der Waals surface area contributed by atoms with Crippen molar-refractivity contribution in [2.24, 2.45) is 14.1 Å². The van der Waals surface area contributed by atoms with E-state index in [4.69, 9.17) is 21.1 Å². The van der Waals surface area contributed by atoms with Crippen LogP contribution in [0.3, 0.4) is 0 Å². The maximum Gasteiger partial charge on any atom is 0.331 e. The molecule has 1 aliphatic heterocycles. The van der Waals surface area contributed by atoms with E-state index < -0.39 is 22.9 Å². The second-order valence-corrected chi connectivity index (χ2v) is 9.84. The molecule has 4 aromatic rings. The van der Waals surface area contributed by atoms with Gasteiger partial charge in [-0.05, 0) is 37.6 Å². The lowest BCUT2D eigenvalue weighted by Gasteiger charge is -2.39. The van der Waals surface area contributed by atoms with E-state index in [1.54, 1.807) is 37.4 Å². The van der Waals surface area contributed by atoms with Crippen LogP contribution < -0.4 is 16.0 Å². The van der Waals surface area contributed by atoms with Crippen molar-refractivity contribution >= 4 is 22.5 Å². The van der Waals surface area contributed by atoms with Gasteiger partial charge in [0.1, 0.15) is 6.10 Å². The van der Waals surface area contributed by atoms with Gasteiger partial charge in [0, 0.05) is 24.7 Å². The van der Waals surface area contributed by atoms with Crippen LogP contribution in [0.5, 0.6) is 11.5 Å². The minimum absolute atomic E-state index is 0.0533. The van der Waals surface area contributed by atoms with Gasteiger partial charge in [-0.3, -0.25) is 13.9 Å². The molecule has 0 saturated heterocycles. The van der Waals surface area contributed by atoms with Crippen LogP contribution in [0.4, 0.5) is 0 Å². The van der Waals surface area contributed by atoms with Crippen LogP contribution in [-0.4, -0.2) is 32.5 Å². The van der Waals surface area contributed by atoms with Crippen molar-refractivity contribution in [3.05, 3.63) is 79.6 Å². The van der Waals surface area contributed by atoms with Gasteiger partial charge in [0.15, 0.2) is 11.5 Å². The molecule has 5 rings (SSSR count). The number of aromatic hydroxyl groups is 1. The third-order valence-corrected chi connectivity index (χ3v) is 6.97. The Kier molecular flexibility index (Phi) is 5.34. The first-order valence-corrected chi connectivity index (χ1v) is 11.5. The Balaban J connectivity index is 2.00. The summed E-state index contributed by atoms with van der Waals surface area (Å²) in [5.41, 5.74) is 1.58. The first kappa shape index (κ1) is 23.3. The highest BCUT2D eigenvalue weighted by molar-refractivity contribution is 6.30. The van der Waals surface area contributed by atoms with Crippen LogP contribution in [0.2, 0.25) is 5.02 Å². The quantitative estimate of drug-likeness (QED) is 0.465. The minimum atomic E-state index is -0.751. The highest BCUT2D eigenvalue weighted by Gasteiger charge is 2.41. The summed E-state index contributed by atoms with van der Waals surface area (Å²) < 4.78 is 16.3. The molecule has 35 heavy (non-hydrogen) atoms. The smallest absolute Gasteiger partial charge is 0.331 e. The van der Waals surface area contributed by atoms with Crippen LogP contribution in [-0.2, 0) is 24.4 Å². The average Bonchev–Trinajstić information content (AvgIpc) is 3.20. The van der Waals surface area contributed by atoms with Crippen molar-refractivity contribution in [1.29, 1.82) is 0 Å². The van der Waals surface area contributed by atoms with Gasteiger partial charge in [0.2, 0.25) is 0 Å². The van der Waals surface area contributed by atoms with E-state index in [0.717, 1.165) is 10.1 Å². The summed E-state index contributed by atoms with van der Waals surface area (Å²) in [6, 6.07) is 12.4. The van der Waals surface area contributed by atoms with Crippen molar-refractivity contribution < 1.29 is 14.6 Å². The lowest BCUT2D eigenvalue weighted by molar-refractivity contribution is -0.00810. The van der Waals surface area contributed by atoms with Crippen LogP contribution in [0.25, 0.3) is 22.2 Å². The molecular weight excluding hydrogens is 470 g/mol. The summed E-state index contributed by atoms with van der Waals surface area (Å²) in [6.45, 7) is 4.33. The summed E-state index contributed by atoms with van der Waals surface area (Å²) in [7, 11) is 4.59. The number of fused-ring (bicyclic) bond motifs is 3. The molecule has 1 N–H and O–H groups in total. The van der Waals surface area contributed by atoms with Gasteiger partial charge < -0.3 is 19.1 Å². The van der Waals surface area contributed by atoms with Gasteiger partial charge in [-0.15, -0.1) is 0 Å². The summed E-state index contributed by atoms with van der Waals surface area (Å²) in [5.74, 6) is 0.253. The number of methoxy groups -OCH3 is 1. The van der Waals surface area contributed by atoms with E-state index in [-0.39, 0.29) is 5.75 Å². The van der Waals surface area contributed by atoms with Crippen LogP contribution >= 0.6 is 11.6 Å². The van der Waals surface area contributed by atoms with Gasteiger partial charge in [-0.25, -0.2) is 4.79 Å². The Labute approximate surface area is 206 Å². The summed E-state index contributed by atoms with van der Waals surface area (Å²) >= 11 is 6.16. The first-order chi connectivity index (χ1) is 16.6. The Morgan fingerprint density at radius 3 is 2.43 bits per heavy atom. The lowest BCUT2D eigenvalue weighted by Crippen LogP contribution is -2.40. The van der Waals surface area contributed by atoms with Gasteiger partial charge in [-0.2, -0.15) is 0 Å². The van der Waals surface area contributed by atoms with E-state index in [1.807, 2.05) is 26.0 Å². The van der Waals surface area contributed by atoms with Crippen molar-refractivity contribution in [3.8, 4) is 22.8 Å². The second-order valence-electron chi connectivity index (χ2n) is 9.41. The Morgan fingerprint density at radius 2 is 1.77 bits per heavy atom. The predicted octanol–water partition coefficient (Wildman–Crippen LogP) is 3.93. The Bertz CT molecular complexity index is 1600. The maximum atomic E-state index is 13.6. The summed E-state index contributed by atoms with van der Waals surface area (Å²) in [6.07, 6.45) is -0.751. The molecule has 3 heterocycles. The van der Waals surface area contributed by atoms with Gasteiger partial charge in [0.25, 0.3) is 5.56 Å². The van der Waals surface area contributed by atoms with Crippen molar-refractivity contribution in [2.75, 3.05) is 13.7 Å². The molecule has 0 unspecified atom stereocenters. The monoisotopic (exact) mass is 495 g/mol. The minimum Gasteiger partial charge on any atom is -0.504 e. The number of para-hydroxylation sites is 1. The van der Waals surface area contributed by atoms with Crippen LogP contribution in [0, 0.1) is 0 Å². The molecule has 2 aromatic heterocycles. The molecule has 0 fully saturated rings. The largest absolute Gasteiger partial charge is 0.504 e. The fourth-order valence-electron chi connectivity index (χ4n) is 5.03. The average molecular weight is 496 g/mol. The SMILES string of the molecule is COc1cccc([C@@H]2OCC(C)(C)n3c(-c4ccc(Cl)cc4)c4c(=O)n(C)c(=O)n(C)c4c32)c1O. The number of aryl methyl sites for hydroxylation is 1. The van der Waals surface area contributed by atoms with Crippen LogP contribution in [0.1, 0.15) is 31.2 Å². The highest BCUT2D eigenvalue weighted by atomic mass is 35.5. The molecule has 1 atom stereocenters. The van der Waals surface area contributed by atoms with Gasteiger partial charge >= 0.3 is 5.69 Å². The molecule has 9 heteroatoms. The number of rotatable bonds is 3. The molecule has 0 radical (unpaired) electrons. The first-order valence-electron chi connectivity index (χ1n) is 11.2. The molecule has 0 amide bonds. The van der Waals surface area contributed by atoms with E-state index in [1.165, 1.54) is 18.7 Å². The summed E-state index contributed by atoms with van der Waals surface area (Å²) in [4.78, 5) is 26.6. The number of aromatic nitrogens is 3. The van der Waals surface area contributed by atoms with Crippen molar-refractivity contribution in [1.82, 2.24) is 13.7 Å². The number of phenolic OH excluding ortho intramolecular Hbond substituents is 1. The van der Waals surface area contributed by atoms with Crippen molar-refractivity contribution in [3.63, 3.8) is 0 Å². The standard InChI is InChI=1S/C26H26ClN3O5/c1-26(2)13-35-23(16-7-6-8-17(34-5)22(16)31)21-20-18(24(32)29(4)25(33)28(20)3)19(30(21)26)14-9-11-15(27)12-10-14/h6-12,23,31H,13H2,1-5H3/t23-/m0/s1. The molecule has 0 spiro atoms. The molecule has 8 nitrogen and oxygen atoms in total. The second kappa shape index (κ2) is 8.03. The number of benzene rings is 2. The molecule has 0 bridgehead atoms. The summed E-state index contributed by atoms with van der Waals surface area (Å²) in [5, 5.41) is 12.0. The fourth-order valence-corrected chi connectivity index (χ4v) is 5.16. The Hall–Kier alpha value is -3.49. The van der Waals surface area contributed by atoms with E-state index in [0.29, 0.717) is 45.2 Å². The molecule has 0 saturated carbocycles. The lowest BCUT2D eigenvalue weighted by atomic mass is 9.97. The third-order valence-electron chi connectivity index (χ3n) is 6.72. The molecule has 2 aromatic carbocycles. The molecule has 0 aliphatic carbocycles. The molecule has 1 aliphatic rings. The zero-order chi connectivity index (χ0) is 25.2. The highest BCUT2D eigenvalue weighted by Crippen LogP contribution is 2.48. The number of ether oxygens (including phenoxy) is 2. The maximum absolute atomic E-state index is 13.6. The van der Waals surface area contributed by atoms with E-state index >= 15 is 0 Å². The zero-order valence-corrected chi connectivity index (χ0v) is 20.9. The normalized spacial score (nSPS) is 16.9. The fraction of sp³-hybridized carbons (Fsp3) is 0.308. The topological polar surface area (TPSA) is 87.6 Å². The van der Waals surface area contributed by atoms with Crippen molar-refractivity contribution in [2.45, 2.75) is 25.5 Å². The van der Waals surface area contributed by atoms with Gasteiger partial charge in [-0.1, -0.05) is 35.9 Å². The number of nitrogens with zero attached hydrogens (tertiary/aromatic N) is 3. The number of hydrogen-bond acceptors (Lipinski definition) is 5. The number of phenols is 1. The van der Waals surface area contributed by atoms with Crippen LogP contribution in [0.15, 0.2) is 52.1 Å². The number of halogens is 1. The predicted molar refractivity (Wildman–Crippen MR) is 135 cm³/mol. The zero-order valence-electron chi connectivity index (χ0n) is 20.1. The molecular formula is C26H26ClN3O5. The third kappa shape index (κ3) is 3.31. The molecule has 182 valence electrons.